The van der Waals surface area contributed by atoms with Gasteiger partial charge in [-0.25, -0.2) is 0 Å². The highest BCUT2D eigenvalue weighted by Crippen LogP contribution is 2.25. The normalized spacial score (nSPS) is 11.3. The molecule has 0 aliphatic carbocycles. The first kappa shape index (κ1) is 14.4. The van der Waals surface area contributed by atoms with Gasteiger partial charge in [-0.3, -0.25) is 4.31 Å². The summed E-state index contributed by atoms with van der Waals surface area (Å²) in [6, 6.07) is 9.64. The van der Waals surface area contributed by atoms with E-state index in [1.807, 2.05) is 0 Å². The van der Waals surface area contributed by atoms with Crippen LogP contribution in [0.4, 0.5) is 5.69 Å². The third-order valence-corrected chi connectivity index (χ3v) is 4.55. The molecule has 7 heteroatoms. The summed E-state index contributed by atoms with van der Waals surface area (Å²) in [5.74, 6) is 1.08. The van der Waals surface area contributed by atoms with Gasteiger partial charge < -0.3 is 14.9 Å². The lowest BCUT2D eigenvalue weighted by Gasteiger charge is -2.18. The average Bonchev–Trinajstić information content (AvgIpc) is 2.96. The van der Waals surface area contributed by atoms with Crippen LogP contribution in [-0.4, -0.2) is 22.6 Å². The van der Waals surface area contributed by atoms with Gasteiger partial charge in [0, 0.05) is 7.05 Å². The summed E-state index contributed by atoms with van der Waals surface area (Å²) >= 11 is 0. The molecule has 6 nitrogen and oxygen atoms in total. The van der Waals surface area contributed by atoms with Crippen LogP contribution >= 0.6 is 0 Å². The Bertz CT molecular complexity index is 677. The van der Waals surface area contributed by atoms with Crippen molar-refractivity contribution in [2.45, 2.75) is 11.6 Å². The zero-order valence-corrected chi connectivity index (χ0v) is 12.1. The topological polar surface area (TPSA) is 85.8 Å². The summed E-state index contributed by atoms with van der Waals surface area (Å²) in [5, 5.41) is -0.128. The number of ether oxygens (including phenoxy) is 1. The van der Waals surface area contributed by atoms with Gasteiger partial charge in [0.25, 0.3) is 10.0 Å². The minimum Gasteiger partial charge on any atom is -0.497 e. The van der Waals surface area contributed by atoms with Gasteiger partial charge in [0.05, 0.1) is 19.3 Å². The van der Waals surface area contributed by atoms with E-state index in [-0.39, 0.29) is 11.6 Å². The van der Waals surface area contributed by atoms with Crippen LogP contribution in [-0.2, 0) is 16.6 Å². The standard InChI is InChI=1S/C13H16N2O4S/c1-15(10-3-5-11(18-2)6-4-10)20(16,17)13-8-7-12(9-14)19-13/h3-8H,9,14H2,1-2H3. The van der Waals surface area contributed by atoms with Crippen LogP contribution in [0.25, 0.3) is 0 Å². The molecule has 1 aromatic carbocycles. The zero-order valence-electron chi connectivity index (χ0n) is 11.2. The largest absolute Gasteiger partial charge is 0.497 e. The molecule has 20 heavy (non-hydrogen) atoms. The summed E-state index contributed by atoms with van der Waals surface area (Å²) in [4.78, 5) is 0. The summed E-state index contributed by atoms with van der Waals surface area (Å²) in [6.07, 6.45) is 0. The van der Waals surface area contributed by atoms with Crippen molar-refractivity contribution in [1.82, 2.24) is 0 Å². The van der Waals surface area contributed by atoms with Gasteiger partial charge in [-0.15, -0.1) is 0 Å². The second-order valence-corrected chi connectivity index (χ2v) is 6.00. The van der Waals surface area contributed by atoms with Crippen molar-refractivity contribution in [3.63, 3.8) is 0 Å². The number of nitrogens with zero attached hydrogens (tertiary/aromatic N) is 1. The van der Waals surface area contributed by atoms with Crippen LogP contribution in [0.15, 0.2) is 45.9 Å². The van der Waals surface area contributed by atoms with E-state index in [2.05, 4.69) is 0 Å². The Balaban J connectivity index is 2.32. The SMILES string of the molecule is COc1ccc(N(C)S(=O)(=O)c2ccc(CN)o2)cc1. The van der Waals surface area contributed by atoms with Crippen LogP contribution < -0.4 is 14.8 Å². The first-order valence-corrected chi connectivity index (χ1v) is 7.35. The molecule has 2 aromatic rings. The predicted octanol–water partition coefficient (Wildman–Crippen LogP) is 1.57. The smallest absolute Gasteiger partial charge is 0.297 e. The molecule has 0 unspecified atom stereocenters. The van der Waals surface area contributed by atoms with Crippen LogP contribution in [0.5, 0.6) is 5.75 Å². The maximum absolute atomic E-state index is 12.4. The maximum atomic E-state index is 12.4. The van der Waals surface area contributed by atoms with E-state index in [4.69, 9.17) is 14.9 Å². The highest BCUT2D eigenvalue weighted by Gasteiger charge is 2.24. The third kappa shape index (κ3) is 2.63. The number of hydrogen-bond acceptors (Lipinski definition) is 5. The van der Waals surface area contributed by atoms with Crippen molar-refractivity contribution in [2.75, 3.05) is 18.5 Å². The summed E-state index contributed by atoms with van der Waals surface area (Å²) in [6.45, 7) is 0.155. The van der Waals surface area contributed by atoms with Crippen molar-refractivity contribution in [1.29, 1.82) is 0 Å². The fraction of sp³-hybridized carbons (Fsp3) is 0.231. The van der Waals surface area contributed by atoms with Gasteiger partial charge in [-0.05, 0) is 36.4 Å². The van der Waals surface area contributed by atoms with Crippen molar-refractivity contribution in [2.24, 2.45) is 5.73 Å². The van der Waals surface area contributed by atoms with E-state index < -0.39 is 10.0 Å². The molecule has 1 aromatic heterocycles. The molecule has 0 aliphatic rings. The van der Waals surface area contributed by atoms with Gasteiger partial charge in [0.15, 0.2) is 0 Å². The molecule has 0 atom stereocenters. The molecule has 0 radical (unpaired) electrons. The Morgan fingerprint density at radius 2 is 1.85 bits per heavy atom. The van der Waals surface area contributed by atoms with Gasteiger partial charge in [0.2, 0.25) is 5.09 Å². The number of hydrogen-bond donors (Lipinski definition) is 1. The number of sulfonamides is 1. The number of methoxy groups -OCH3 is 1. The molecule has 0 aliphatic heterocycles. The Hall–Kier alpha value is -1.99. The second-order valence-electron chi connectivity index (χ2n) is 4.10. The quantitative estimate of drug-likeness (QED) is 0.905. The molecule has 2 rings (SSSR count). The van der Waals surface area contributed by atoms with E-state index in [0.29, 0.717) is 17.2 Å². The van der Waals surface area contributed by atoms with Gasteiger partial charge in [-0.2, -0.15) is 8.42 Å². The Morgan fingerprint density at radius 1 is 1.20 bits per heavy atom. The van der Waals surface area contributed by atoms with Gasteiger partial charge in [-0.1, -0.05) is 0 Å². The molecule has 0 saturated carbocycles. The lowest BCUT2D eigenvalue weighted by Crippen LogP contribution is -2.26. The van der Waals surface area contributed by atoms with Gasteiger partial charge in [0.1, 0.15) is 11.5 Å². The highest BCUT2D eigenvalue weighted by molar-refractivity contribution is 7.92. The highest BCUT2D eigenvalue weighted by atomic mass is 32.2. The Morgan fingerprint density at radius 3 is 2.35 bits per heavy atom. The number of nitrogens with two attached hydrogens (primary N) is 1. The van der Waals surface area contributed by atoms with Crippen LogP contribution in [0.3, 0.4) is 0 Å². The van der Waals surface area contributed by atoms with E-state index in [9.17, 15) is 8.42 Å². The maximum Gasteiger partial charge on any atom is 0.297 e. The molecule has 0 amide bonds. The molecule has 108 valence electrons. The van der Waals surface area contributed by atoms with E-state index in [1.165, 1.54) is 13.1 Å². The predicted molar refractivity (Wildman–Crippen MR) is 75.2 cm³/mol. The summed E-state index contributed by atoms with van der Waals surface area (Å²) in [7, 11) is -0.722. The molecule has 0 spiro atoms. The number of furan rings is 1. The summed E-state index contributed by atoms with van der Waals surface area (Å²) < 4.78 is 36.1. The monoisotopic (exact) mass is 296 g/mol. The van der Waals surface area contributed by atoms with Gasteiger partial charge >= 0.3 is 0 Å². The molecule has 0 bridgehead atoms. The minimum absolute atomic E-state index is 0.128. The fourth-order valence-electron chi connectivity index (χ4n) is 1.67. The molecule has 0 saturated heterocycles. The Kier molecular flexibility index (Phi) is 4.01. The number of anilines is 1. The molecule has 0 fully saturated rings. The van der Waals surface area contributed by atoms with Crippen molar-refractivity contribution < 1.29 is 17.6 Å². The fourth-order valence-corrected chi connectivity index (χ4v) is 2.79. The number of rotatable bonds is 5. The molecular weight excluding hydrogens is 280 g/mol. The van der Waals surface area contributed by atoms with E-state index >= 15 is 0 Å². The molecular formula is C13H16N2O4S. The molecule has 1 heterocycles. The lowest BCUT2D eigenvalue weighted by atomic mass is 10.3. The van der Waals surface area contributed by atoms with Crippen LogP contribution in [0, 0.1) is 0 Å². The van der Waals surface area contributed by atoms with Crippen LogP contribution in [0.2, 0.25) is 0 Å². The number of benzene rings is 1. The van der Waals surface area contributed by atoms with Crippen molar-refractivity contribution >= 4 is 15.7 Å². The summed E-state index contributed by atoms with van der Waals surface area (Å²) in [5.41, 5.74) is 5.92. The lowest BCUT2D eigenvalue weighted by molar-refractivity contribution is 0.414. The second kappa shape index (κ2) is 5.56. The first-order valence-electron chi connectivity index (χ1n) is 5.91. The first-order chi connectivity index (χ1) is 9.48. The van der Waals surface area contributed by atoms with Crippen LogP contribution in [0.1, 0.15) is 5.76 Å². The van der Waals surface area contributed by atoms with Crippen molar-refractivity contribution in [3.8, 4) is 5.75 Å². The average molecular weight is 296 g/mol. The minimum atomic E-state index is -3.73. The third-order valence-electron chi connectivity index (χ3n) is 2.89. The van der Waals surface area contributed by atoms with Crippen molar-refractivity contribution in [3.05, 3.63) is 42.2 Å². The Labute approximate surface area is 117 Å². The zero-order chi connectivity index (χ0) is 14.8. The van der Waals surface area contributed by atoms with E-state index in [1.54, 1.807) is 37.4 Å². The van der Waals surface area contributed by atoms with E-state index in [0.717, 1.165) is 4.31 Å². The molecule has 2 N–H and O–H groups in total.